The third kappa shape index (κ3) is 5.52. The predicted octanol–water partition coefficient (Wildman–Crippen LogP) is 2.68. The standard InChI is InChI=1S/C21H32FN3O/c1-24(20-10-12-23-13-11-20)16-21(26)25-14-2-3-18(15-25)5-4-17-6-8-19(22)9-7-17/h6-9,18,20,23H,2-5,10-16H2,1H3/t18-/m1/s1. The maximum Gasteiger partial charge on any atom is 0.236 e. The first-order valence-electron chi connectivity index (χ1n) is 10.0. The van der Waals surface area contributed by atoms with Gasteiger partial charge in [-0.05, 0) is 82.3 Å². The highest BCUT2D eigenvalue weighted by Gasteiger charge is 2.26. The molecule has 1 aromatic rings. The number of nitrogens with zero attached hydrogens (tertiary/aromatic N) is 2. The zero-order valence-corrected chi connectivity index (χ0v) is 15.9. The normalized spacial score (nSPS) is 22.0. The minimum absolute atomic E-state index is 0.180. The molecular weight excluding hydrogens is 329 g/mol. The van der Waals surface area contributed by atoms with Crippen LogP contribution in [0.5, 0.6) is 0 Å². The van der Waals surface area contributed by atoms with Crippen LogP contribution in [-0.2, 0) is 11.2 Å². The second-order valence-corrected chi connectivity index (χ2v) is 7.91. The van der Waals surface area contributed by atoms with Gasteiger partial charge in [0.05, 0.1) is 6.54 Å². The second-order valence-electron chi connectivity index (χ2n) is 7.91. The fraction of sp³-hybridized carbons (Fsp3) is 0.667. The summed E-state index contributed by atoms with van der Waals surface area (Å²) in [6.07, 6.45) is 6.57. The Morgan fingerprint density at radius 2 is 1.96 bits per heavy atom. The lowest BCUT2D eigenvalue weighted by Crippen LogP contribution is -2.48. The van der Waals surface area contributed by atoms with Gasteiger partial charge in [0.15, 0.2) is 0 Å². The van der Waals surface area contributed by atoms with Crippen LogP contribution in [0.15, 0.2) is 24.3 Å². The molecule has 1 N–H and O–H groups in total. The van der Waals surface area contributed by atoms with Crippen molar-refractivity contribution < 1.29 is 9.18 Å². The number of piperidine rings is 2. The van der Waals surface area contributed by atoms with E-state index in [-0.39, 0.29) is 11.7 Å². The van der Waals surface area contributed by atoms with Crippen molar-refractivity contribution in [3.63, 3.8) is 0 Å². The number of likely N-dealkylation sites (tertiary alicyclic amines) is 1. The SMILES string of the molecule is CN(CC(=O)N1CCC[C@H](CCc2ccc(F)cc2)C1)C1CCNCC1. The summed E-state index contributed by atoms with van der Waals surface area (Å²) < 4.78 is 13.0. The largest absolute Gasteiger partial charge is 0.341 e. The van der Waals surface area contributed by atoms with Crippen LogP contribution in [-0.4, -0.2) is 61.5 Å². The minimum Gasteiger partial charge on any atom is -0.341 e. The fourth-order valence-corrected chi connectivity index (χ4v) is 4.24. The van der Waals surface area contributed by atoms with Gasteiger partial charge in [0, 0.05) is 19.1 Å². The Hall–Kier alpha value is -1.46. The number of likely N-dealkylation sites (N-methyl/N-ethyl adjacent to an activating group) is 1. The Morgan fingerprint density at radius 1 is 1.23 bits per heavy atom. The number of amides is 1. The zero-order chi connectivity index (χ0) is 18.4. The molecule has 2 aliphatic heterocycles. The highest BCUT2D eigenvalue weighted by molar-refractivity contribution is 5.78. The summed E-state index contributed by atoms with van der Waals surface area (Å²) in [5.74, 6) is 0.653. The monoisotopic (exact) mass is 361 g/mol. The summed E-state index contributed by atoms with van der Waals surface area (Å²) in [6, 6.07) is 7.33. The molecular formula is C21H32FN3O. The van der Waals surface area contributed by atoms with Gasteiger partial charge in [-0.25, -0.2) is 4.39 Å². The van der Waals surface area contributed by atoms with E-state index in [9.17, 15) is 9.18 Å². The highest BCUT2D eigenvalue weighted by Crippen LogP contribution is 2.22. The first-order chi connectivity index (χ1) is 12.6. The van der Waals surface area contributed by atoms with Crippen LogP contribution >= 0.6 is 0 Å². The van der Waals surface area contributed by atoms with Crippen LogP contribution in [0.4, 0.5) is 4.39 Å². The number of hydrogen-bond acceptors (Lipinski definition) is 3. The van der Waals surface area contributed by atoms with E-state index in [1.165, 1.54) is 24.1 Å². The molecule has 0 saturated carbocycles. The van der Waals surface area contributed by atoms with Gasteiger partial charge in [-0.1, -0.05) is 12.1 Å². The van der Waals surface area contributed by atoms with Crippen molar-refractivity contribution in [2.75, 3.05) is 39.8 Å². The Bertz CT molecular complexity index is 571. The van der Waals surface area contributed by atoms with E-state index >= 15 is 0 Å². The molecule has 0 unspecified atom stereocenters. The maximum atomic E-state index is 13.0. The molecule has 1 aromatic carbocycles. The number of carbonyl (C=O) groups is 1. The summed E-state index contributed by atoms with van der Waals surface area (Å²) in [7, 11) is 2.09. The number of halogens is 1. The molecule has 1 atom stereocenters. The topological polar surface area (TPSA) is 35.6 Å². The van der Waals surface area contributed by atoms with Crippen molar-refractivity contribution in [1.29, 1.82) is 0 Å². The number of nitrogens with one attached hydrogen (secondary N) is 1. The van der Waals surface area contributed by atoms with E-state index in [0.29, 0.717) is 18.5 Å². The van der Waals surface area contributed by atoms with Gasteiger partial charge in [-0.15, -0.1) is 0 Å². The van der Waals surface area contributed by atoms with Crippen LogP contribution in [0.25, 0.3) is 0 Å². The lowest BCUT2D eigenvalue weighted by atomic mass is 9.91. The number of benzene rings is 1. The van der Waals surface area contributed by atoms with E-state index in [1.807, 2.05) is 12.1 Å². The van der Waals surface area contributed by atoms with Crippen molar-refractivity contribution in [1.82, 2.24) is 15.1 Å². The smallest absolute Gasteiger partial charge is 0.236 e. The molecule has 0 bridgehead atoms. The molecule has 4 nitrogen and oxygen atoms in total. The summed E-state index contributed by atoms with van der Waals surface area (Å²) in [4.78, 5) is 17.0. The summed E-state index contributed by atoms with van der Waals surface area (Å²) in [5.41, 5.74) is 1.18. The fourth-order valence-electron chi connectivity index (χ4n) is 4.24. The molecule has 3 rings (SSSR count). The predicted molar refractivity (Wildman–Crippen MR) is 103 cm³/mol. The van der Waals surface area contributed by atoms with Gasteiger partial charge < -0.3 is 10.2 Å². The lowest BCUT2D eigenvalue weighted by Gasteiger charge is -2.36. The van der Waals surface area contributed by atoms with Crippen molar-refractivity contribution in [2.45, 2.75) is 44.6 Å². The first-order valence-corrected chi connectivity index (χ1v) is 10.0. The van der Waals surface area contributed by atoms with E-state index in [1.54, 1.807) is 0 Å². The molecule has 5 heteroatoms. The van der Waals surface area contributed by atoms with Gasteiger partial charge in [-0.3, -0.25) is 9.69 Å². The summed E-state index contributed by atoms with van der Waals surface area (Å²) in [5, 5.41) is 3.38. The third-order valence-corrected chi connectivity index (χ3v) is 5.94. The Balaban J connectivity index is 1.44. The number of rotatable bonds is 6. The van der Waals surface area contributed by atoms with Crippen molar-refractivity contribution >= 4 is 5.91 Å². The van der Waals surface area contributed by atoms with Gasteiger partial charge >= 0.3 is 0 Å². The molecule has 2 aliphatic rings. The molecule has 2 saturated heterocycles. The van der Waals surface area contributed by atoms with Crippen molar-refractivity contribution in [2.24, 2.45) is 5.92 Å². The van der Waals surface area contributed by atoms with Crippen molar-refractivity contribution in [3.05, 3.63) is 35.6 Å². The summed E-state index contributed by atoms with van der Waals surface area (Å²) >= 11 is 0. The van der Waals surface area contributed by atoms with Crippen LogP contribution in [0.3, 0.4) is 0 Å². The zero-order valence-electron chi connectivity index (χ0n) is 15.9. The summed E-state index contributed by atoms with van der Waals surface area (Å²) in [6.45, 7) is 4.41. The number of aryl methyl sites for hydroxylation is 1. The lowest BCUT2D eigenvalue weighted by molar-refractivity contribution is -0.134. The van der Waals surface area contributed by atoms with E-state index in [0.717, 1.165) is 58.3 Å². The van der Waals surface area contributed by atoms with E-state index in [4.69, 9.17) is 0 Å². The van der Waals surface area contributed by atoms with Crippen LogP contribution in [0, 0.1) is 11.7 Å². The minimum atomic E-state index is -0.180. The maximum absolute atomic E-state index is 13.0. The molecule has 0 radical (unpaired) electrons. The quantitative estimate of drug-likeness (QED) is 0.846. The van der Waals surface area contributed by atoms with Crippen molar-refractivity contribution in [3.8, 4) is 0 Å². The number of hydrogen-bond donors (Lipinski definition) is 1. The van der Waals surface area contributed by atoms with E-state index < -0.39 is 0 Å². The Labute approximate surface area is 156 Å². The molecule has 144 valence electrons. The van der Waals surface area contributed by atoms with Gasteiger partial charge in [0.2, 0.25) is 5.91 Å². The first kappa shape index (κ1) is 19.3. The Morgan fingerprint density at radius 3 is 2.69 bits per heavy atom. The van der Waals surface area contributed by atoms with Crippen LogP contribution in [0.1, 0.15) is 37.7 Å². The third-order valence-electron chi connectivity index (χ3n) is 5.94. The highest BCUT2D eigenvalue weighted by atomic mass is 19.1. The molecule has 0 aliphatic carbocycles. The van der Waals surface area contributed by atoms with Crippen LogP contribution < -0.4 is 5.32 Å². The second kappa shape index (κ2) is 9.47. The molecule has 2 fully saturated rings. The molecule has 2 heterocycles. The number of carbonyl (C=O) groups excluding carboxylic acids is 1. The van der Waals surface area contributed by atoms with Gasteiger partial charge in [0.1, 0.15) is 5.82 Å². The Kier molecular flexibility index (Phi) is 7.03. The van der Waals surface area contributed by atoms with Crippen LogP contribution in [0.2, 0.25) is 0 Å². The van der Waals surface area contributed by atoms with Gasteiger partial charge in [0.25, 0.3) is 0 Å². The average Bonchev–Trinajstić information content (AvgIpc) is 2.68. The molecule has 1 amide bonds. The van der Waals surface area contributed by atoms with Gasteiger partial charge in [-0.2, -0.15) is 0 Å². The van der Waals surface area contributed by atoms with E-state index in [2.05, 4.69) is 22.2 Å². The molecule has 0 spiro atoms. The molecule has 26 heavy (non-hydrogen) atoms. The molecule has 0 aromatic heterocycles. The average molecular weight is 362 g/mol.